The number of ether oxygens (including phenoxy) is 1. The summed E-state index contributed by atoms with van der Waals surface area (Å²) in [5.74, 6) is 0. The third-order valence-corrected chi connectivity index (χ3v) is 5.56. The van der Waals surface area contributed by atoms with Crippen molar-refractivity contribution < 1.29 is 9.53 Å². The molecule has 1 amide bonds. The first-order valence-electron chi connectivity index (χ1n) is 8.39. The van der Waals surface area contributed by atoms with Gasteiger partial charge in [-0.3, -0.25) is 0 Å². The van der Waals surface area contributed by atoms with Gasteiger partial charge in [0.2, 0.25) is 0 Å². The highest BCUT2D eigenvalue weighted by atomic mass is 35.5. The summed E-state index contributed by atoms with van der Waals surface area (Å²) in [6.45, 7) is 7.02. The van der Waals surface area contributed by atoms with Gasteiger partial charge < -0.3 is 9.64 Å². The number of carbonyl (C=O) groups is 1. The fraction of sp³-hybridized carbons (Fsp3) is 0.500. The molecule has 134 valence electrons. The average Bonchev–Trinajstić information content (AvgIpc) is 2.54. The van der Waals surface area contributed by atoms with E-state index in [1.54, 1.807) is 16.7 Å². The standard InChI is InChI=1S/C18H22ClN3O2S/c1-18(2,3)24-17(23)22-10-8-12(9-11-22)25-16-15(19)20-13-6-4-5-7-14(13)21-16/h4-7,12H,8-11H2,1-3H3. The van der Waals surface area contributed by atoms with Gasteiger partial charge in [0.25, 0.3) is 0 Å². The number of fused-ring (bicyclic) bond motifs is 1. The number of aromatic nitrogens is 2. The van der Waals surface area contributed by atoms with E-state index in [0.717, 1.165) is 28.9 Å². The largest absolute Gasteiger partial charge is 0.444 e. The summed E-state index contributed by atoms with van der Waals surface area (Å²) in [5.41, 5.74) is 1.19. The Balaban J connectivity index is 1.61. The quantitative estimate of drug-likeness (QED) is 0.751. The highest BCUT2D eigenvalue weighted by molar-refractivity contribution is 8.00. The van der Waals surface area contributed by atoms with Crippen LogP contribution in [0.2, 0.25) is 5.15 Å². The fourth-order valence-electron chi connectivity index (χ4n) is 2.68. The Morgan fingerprint density at radius 3 is 2.40 bits per heavy atom. The average molecular weight is 380 g/mol. The molecule has 1 aliphatic heterocycles. The van der Waals surface area contributed by atoms with Crippen LogP contribution in [0.15, 0.2) is 29.3 Å². The number of halogens is 1. The van der Waals surface area contributed by atoms with E-state index in [4.69, 9.17) is 16.3 Å². The number of thioether (sulfide) groups is 1. The lowest BCUT2D eigenvalue weighted by Gasteiger charge is -2.33. The number of para-hydroxylation sites is 2. The monoisotopic (exact) mass is 379 g/mol. The van der Waals surface area contributed by atoms with Gasteiger partial charge >= 0.3 is 6.09 Å². The molecule has 1 saturated heterocycles. The van der Waals surface area contributed by atoms with E-state index in [0.29, 0.717) is 23.5 Å². The molecule has 0 N–H and O–H groups in total. The molecule has 0 saturated carbocycles. The molecule has 0 bridgehead atoms. The minimum absolute atomic E-state index is 0.237. The zero-order valence-corrected chi connectivity index (χ0v) is 16.2. The number of piperidine rings is 1. The molecule has 1 aromatic carbocycles. The number of hydrogen-bond acceptors (Lipinski definition) is 5. The first-order valence-corrected chi connectivity index (χ1v) is 9.64. The van der Waals surface area contributed by atoms with Crippen LogP contribution in [0.25, 0.3) is 11.0 Å². The zero-order chi connectivity index (χ0) is 18.0. The van der Waals surface area contributed by atoms with Crippen LogP contribution in [0.3, 0.4) is 0 Å². The van der Waals surface area contributed by atoms with E-state index in [-0.39, 0.29) is 6.09 Å². The molecule has 0 unspecified atom stereocenters. The van der Waals surface area contributed by atoms with Crippen LogP contribution < -0.4 is 0 Å². The number of likely N-dealkylation sites (tertiary alicyclic amines) is 1. The topological polar surface area (TPSA) is 55.3 Å². The minimum Gasteiger partial charge on any atom is -0.444 e. The van der Waals surface area contributed by atoms with E-state index >= 15 is 0 Å². The van der Waals surface area contributed by atoms with Gasteiger partial charge in [0, 0.05) is 18.3 Å². The van der Waals surface area contributed by atoms with Crippen molar-refractivity contribution >= 4 is 40.5 Å². The summed E-state index contributed by atoms with van der Waals surface area (Å²) < 4.78 is 5.43. The van der Waals surface area contributed by atoms with Gasteiger partial charge in [0.1, 0.15) is 10.6 Å². The summed E-state index contributed by atoms with van der Waals surface area (Å²) >= 11 is 7.94. The molecule has 1 fully saturated rings. The third kappa shape index (κ3) is 4.76. The van der Waals surface area contributed by atoms with Crippen molar-refractivity contribution in [2.24, 2.45) is 0 Å². The van der Waals surface area contributed by atoms with Crippen molar-refractivity contribution in [2.75, 3.05) is 13.1 Å². The molecule has 0 atom stereocenters. The normalized spacial score (nSPS) is 16.2. The zero-order valence-electron chi connectivity index (χ0n) is 14.7. The molecule has 3 rings (SSSR count). The van der Waals surface area contributed by atoms with Gasteiger partial charge in [-0.1, -0.05) is 35.5 Å². The van der Waals surface area contributed by atoms with E-state index in [9.17, 15) is 4.79 Å². The van der Waals surface area contributed by atoms with Crippen molar-refractivity contribution in [3.63, 3.8) is 0 Å². The Kier molecular flexibility index (Phi) is 5.39. The molecule has 0 spiro atoms. The molecule has 5 nitrogen and oxygen atoms in total. The number of hydrogen-bond donors (Lipinski definition) is 0. The summed E-state index contributed by atoms with van der Waals surface area (Å²) in [5, 5.41) is 1.57. The molecular weight excluding hydrogens is 358 g/mol. The smallest absolute Gasteiger partial charge is 0.410 e. The van der Waals surface area contributed by atoms with E-state index in [1.165, 1.54) is 0 Å². The molecule has 0 radical (unpaired) electrons. The molecule has 2 aromatic rings. The molecule has 1 aromatic heterocycles. The van der Waals surface area contributed by atoms with Crippen molar-refractivity contribution in [3.05, 3.63) is 29.4 Å². The Labute approximate surface area is 157 Å². The van der Waals surface area contributed by atoms with Crippen molar-refractivity contribution in [3.8, 4) is 0 Å². The van der Waals surface area contributed by atoms with Crippen LogP contribution in [0, 0.1) is 0 Å². The maximum atomic E-state index is 12.1. The summed E-state index contributed by atoms with van der Waals surface area (Å²) in [7, 11) is 0. The number of amides is 1. The number of nitrogens with zero attached hydrogens (tertiary/aromatic N) is 3. The van der Waals surface area contributed by atoms with Gasteiger partial charge in [-0.15, -0.1) is 0 Å². The molecule has 7 heteroatoms. The lowest BCUT2D eigenvalue weighted by molar-refractivity contribution is 0.0219. The van der Waals surface area contributed by atoms with E-state index < -0.39 is 5.60 Å². The van der Waals surface area contributed by atoms with Crippen molar-refractivity contribution in [1.82, 2.24) is 14.9 Å². The van der Waals surface area contributed by atoms with E-state index in [1.807, 2.05) is 45.0 Å². The maximum Gasteiger partial charge on any atom is 0.410 e. The second-order valence-electron chi connectivity index (χ2n) is 7.09. The molecule has 1 aliphatic rings. The van der Waals surface area contributed by atoms with Gasteiger partial charge in [-0.05, 0) is 45.7 Å². The van der Waals surface area contributed by atoms with Gasteiger partial charge in [-0.2, -0.15) is 0 Å². The van der Waals surface area contributed by atoms with Gasteiger partial charge in [0.15, 0.2) is 5.15 Å². The predicted molar refractivity (Wildman–Crippen MR) is 101 cm³/mol. The van der Waals surface area contributed by atoms with Crippen LogP contribution in [-0.4, -0.2) is 44.9 Å². The molecule has 2 heterocycles. The lowest BCUT2D eigenvalue weighted by atomic mass is 10.1. The number of benzene rings is 1. The highest BCUT2D eigenvalue weighted by Crippen LogP contribution is 2.34. The number of rotatable bonds is 2. The summed E-state index contributed by atoms with van der Waals surface area (Å²) in [6.07, 6.45) is 1.53. The Morgan fingerprint density at radius 1 is 1.20 bits per heavy atom. The van der Waals surface area contributed by atoms with Crippen molar-refractivity contribution in [1.29, 1.82) is 0 Å². The van der Waals surface area contributed by atoms with Crippen molar-refractivity contribution in [2.45, 2.75) is 49.5 Å². The Bertz CT molecular complexity index is 770. The van der Waals surface area contributed by atoms with Crippen LogP contribution in [0.1, 0.15) is 33.6 Å². The Morgan fingerprint density at radius 2 is 1.80 bits per heavy atom. The Hall–Kier alpha value is -1.53. The second-order valence-corrected chi connectivity index (χ2v) is 8.74. The predicted octanol–water partition coefficient (Wildman–Crippen LogP) is 4.77. The highest BCUT2D eigenvalue weighted by Gasteiger charge is 2.28. The summed E-state index contributed by atoms with van der Waals surface area (Å²) in [6, 6.07) is 7.71. The van der Waals surface area contributed by atoms with E-state index in [2.05, 4.69) is 9.97 Å². The fourth-order valence-corrected chi connectivity index (χ4v) is 4.00. The lowest BCUT2D eigenvalue weighted by Crippen LogP contribution is -2.42. The van der Waals surface area contributed by atoms with Crippen LogP contribution in [0.4, 0.5) is 4.79 Å². The van der Waals surface area contributed by atoms with Gasteiger partial charge in [0.05, 0.1) is 11.0 Å². The van der Waals surface area contributed by atoms with Crippen LogP contribution in [-0.2, 0) is 4.74 Å². The minimum atomic E-state index is -0.461. The molecular formula is C18H22ClN3O2S. The SMILES string of the molecule is CC(C)(C)OC(=O)N1CCC(Sc2nc3ccccc3nc2Cl)CC1. The second kappa shape index (κ2) is 7.38. The first kappa shape index (κ1) is 18.3. The maximum absolute atomic E-state index is 12.1. The van der Waals surface area contributed by atoms with Crippen LogP contribution in [0.5, 0.6) is 0 Å². The van der Waals surface area contributed by atoms with Crippen LogP contribution >= 0.6 is 23.4 Å². The third-order valence-electron chi connectivity index (χ3n) is 3.87. The molecule has 0 aliphatic carbocycles. The first-order chi connectivity index (χ1) is 11.8. The summed E-state index contributed by atoms with van der Waals surface area (Å²) in [4.78, 5) is 23.0. The van der Waals surface area contributed by atoms with Gasteiger partial charge in [-0.25, -0.2) is 14.8 Å². The number of carbonyl (C=O) groups excluding carboxylic acids is 1. The molecule has 25 heavy (non-hydrogen) atoms.